The van der Waals surface area contributed by atoms with E-state index in [-0.39, 0.29) is 11.5 Å². The van der Waals surface area contributed by atoms with Crippen LogP contribution in [0.2, 0.25) is 0 Å². The zero-order chi connectivity index (χ0) is 18.9. The summed E-state index contributed by atoms with van der Waals surface area (Å²) in [5.41, 5.74) is 1.48. The van der Waals surface area contributed by atoms with Gasteiger partial charge in [-0.2, -0.15) is 13.2 Å². The molecule has 0 N–H and O–H groups in total. The molecule has 4 nitrogen and oxygen atoms in total. The van der Waals surface area contributed by atoms with E-state index in [1.165, 1.54) is 19.2 Å². The molecule has 0 radical (unpaired) electrons. The normalized spacial score (nSPS) is 14.0. The van der Waals surface area contributed by atoms with Crippen LogP contribution in [0.1, 0.15) is 27.0 Å². The third-order valence-electron chi connectivity index (χ3n) is 4.46. The van der Waals surface area contributed by atoms with Gasteiger partial charge in [-0.25, -0.2) is 0 Å². The lowest BCUT2D eigenvalue weighted by molar-refractivity contribution is -0.137. The van der Waals surface area contributed by atoms with Gasteiger partial charge in [-0.15, -0.1) is 0 Å². The Morgan fingerprint density at radius 2 is 1.58 bits per heavy atom. The average molecular weight is 365 g/mol. The van der Waals surface area contributed by atoms with Gasteiger partial charge in [0, 0.05) is 18.7 Å². The highest BCUT2D eigenvalue weighted by atomic mass is 19.4. The van der Waals surface area contributed by atoms with Gasteiger partial charge in [0.15, 0.2) is 11.5 Å². The number of alkyl halides is 3. The molecule has 1 amide bonds. The van der Waals surface area contributed by atoms with Crippen LogP contribution in [0.25, 0.3) is 0 Å². The van der Waals surface area contributed by atoms with Gasteiger partial charge in [-0.1, -0.05) is 0 Å². The van der Waals surface area contributed by atoms with E-state index in [9.17, 15) is 18.0 Å². The number of halogens is 3. The van der Waals surface area contributed by atoms with Crippen LogP contribution in [-0.2, 0) is 19.1 Å². The fourth-order valence-corrected chi connectivity index (χ4v) is 3.04. The molecule has 0 aliphatic carbocycles. The molecule has 0 saturated heterocycles. The van der Waals surface area contributed by atoms with Gasteiger partial charge in [-0.3, -0.25) is 4.79 Å². The standard InChI is InChI=1S/C19H18F3NO3/c1-25-16-9-13-7-8-23(11-14(13)10-17(16)26-2)18(24)12-3-5-15(6-4-12)19(20,21)22/h3-6,9-10H,7-8,11H2,1-2H3. The second-order valence-corrected chi connectivity index (χ2v) is 6.03. The molecule has 0 spiro atoms. The van der Waals surface area contributed by atoms with Crippen LogP contribution in [0, 0.1) is 0 Å². The molecule has 0 bridgehead atoms. The van der Waals surface area contributed by atoms with Crippen LogP contribution in [0.4, 0.5) is 13.2 Å². The Morgan fingerprint density at radius 3 is 2.12 bits per heavy atom. The van der Waals surface area contributed by atoms with Gasteiger partial charge in [0.2, 0.25) is 0 Å². The number of benzene rings is 2. The summed E-state index contributed by atoms with van der Waals surface area (Å²) in [6.07, 6.45) is -3.77. The van der Waals surface area contributed by atoms with Crippen LogP contribution in [-0.4, -0.2) is 31.6 Å². The Hall–Kier alpha value is -2.70. The zero-order valence-corrected chi connectivity index (χ0v) is 14.4. The monoisotopic (exact) mass is 365 g/mol. The maximum absolute atomic E-state index is 12.7. The quantitative estimate of drug-likeness (QED) is 0.828. The Kier molecular flexibility index (Phi) is 4.80. The average Bonchev–Trinajstić information content (AvgIpc) is 2.65. The van der Waals surface area contributed by atoms with Crippen LogP contribution in [0.15, 0.2) is 36.4 Å². The predicted molar refractivity (Wildman–Crippen MR) is 89.4 cm³/mol. The van der Waals surface area contributed by atoms with Crippen molar-refractivity contribution in [3.05, 3.63) is 58.7 Å². The summed E-state index contributed by atoms with van der Waals surface area (Å²) in [4.78, 5) is 14.3. The number of fused-ring (bicyclic) bond motifs is 1. The fraction of sp³-hybridized carbons (Fsp3) is 0.316. The second kappa shape index (κ2) is 6.90. The SMILES string of the molecule is COc1cc2c(cc1OC)CN(C(=O)c1ccc(C(F)(F)F)cc1)CC2. The Labute approximate surface area is 149 Å². The number of amides is 1. The molecule has 1 aliphatic rings. The zero-order valence-electron chi connectivity index (χ0n) is 14.4. The molecule has 138 valence electrons. The predicted octanol–water partition coefficient (Wildman–Crippen LogP) is 3.92. The van der Waals surface area contributed by atoms with Gasteiger partial charge in [0.25, 0.3) is 5.91 Å². The van der Waals surface area contributed by atoms with Crippen LogP contribution < -0.4 is 9.47 Å². The number of ether oxygens (including phenoxy) is 2. The topological polar surface area (TPSA) is 38.8 Å². The van der Waals surface area contributed by atoms with E-state index < -0.39 is 11.7 Å². The number of hydrogen-bond donors (Lipinski definition) is 0. The summed E-state index contributed by atoms with van der Waals surface area (Å²) in [7, 11) is 3.10. The Balaban J connectivity index is 1.81. The molecule has 0 fully saturated rings. The molecule has 2 aromatic rings. The van der Waals surface area contributed by atoms with Crippen molar-refractivity contribution in [3.8, 4) is 11.5 Å². The maximum atomic E-state index is 12.7. The maximum Gasteiger partial charge on any atom is 0.416 e. The number of rotatable bonds is 3. The van der Waals surface area contributed by atoms with Crippen LogP contribution >= 0.6 is 0 Å². The van der Waals surface area contributed by atoms with E-state index in [0.717, 1.165) is 23.3 Å². The lowest BCUT2D eigenvalue weighted by Gasteiger charge is -2.29. The first kappa shape index (κ1) is 18.1. The second-order valence-electron chi connectivity index (χ2n) is 6.03. The minimum atomic E-state index is -4.42. The highest BCUT2D eigenvalue weighted by Gasteiger charge is 2.31. The summed E-state index contributed by atoms with van der Waals surface area (Å²) in [5, 5.41) is 0. The van der Waals surface area contributed by atoms with Gasteiger partial charge >= 0.3 is 6.18 Å². The third kappa shape index (κ3) is 3.47. The molecule has 0 atom stereocenters. The summed E-state index contributed by atoms with van der Waals surface area (Å²) in [6, 6.07) is 8.02. The number of carbonyl (C=O) groups is 1. The molecule has 2 aromatic carbocycles. The first-order valence-corrected chi connectivity index (χ1v) is 8.04. The molecular weight excluding hydrogens is 347 g/mol. The van der Waals surface area contributed by atoms with E-state index in [1.807, 2.05) is 12.1 Å². The first-order chi connectivity index (χ1) is 12.3. The molecule has 3 rings (SSSR count). The van der Waals surface area contributed by atoms with Crippen LogP contribution in [0.5, 0.6) is 11.5 Å². The first-order valence-electron chi connectivity index (χ1n) is 8.04. The van der Waals surface area contributed by atoms with E-state index in [2.05, 4.69) is 0 Å². The molecule has 0 aromatic heterocycles. The van der Waals surface area contributed by atoms with Gasteiger partial charge in [-0.05, 0) is 53.9 Å². The lowest BCUT2D eigenvalue weighted by Crippen LogP contribution is -2.36. The molecule has 0 unspecified atom stereocenters. The van der Waals surface area contributed by atoms with Crippen molar-refractivity contribution in [3.63, 3.8) is 0 Å². The number of carbonyl (C=O) groups excluding carboxylic acids is 1. The molecule has 26 heavy (non-hydrogen) atoms. The van der Waals surface area contributed by atoms with E-state index in [0.29, 0.717) is 31.0 Å². The highest BCUT2D eigenvalue weighted by Crippen LogP contribution is 2.34. The van der Waals surface area contributed by atoms with Gasteiger partial charge < -0.3 is 14.4 Å². The molecule has 0 saturated carbocycles. The fourth-order valence-electron chi connectivity index (χ4n) is 3.04. The summed E-state index contributed by atoms with van der Waals surface area (Å²) in [6.45, 7) is 0.859. The Morgan fingerprint density at radius 1 is 1.00 bits per heavy atom. The van der Waals surface area contributed by atoms with E-state index in [1.54, 1.807) is 12.0 Å². The minimum Gasteiger partial charge on any atom is -0.493 e. The smallest absolute Gasteiger partial charge is 0.416 e. The lowest BCUT2D eigenvalue weighted by atomic mass is 9.98. The molecule has 1 aliphatic heterocycles. The minimum absolute atomic E-state index is 0.238. The van der Waals surface area contributed by atoms with Crippen molar-refractivity contribution in [2.45, 2.75) is 19.1 Å². The van der Waals surface area contributed by atoms with E-state index >= 15 is 0 Å². The van der Waals surface area contributed by atoms with E-state index in [4.69, 9.17) is 9.47 Å². The highest BCUT2D eigenvalue weighted by molar-refractivity contribution is 5.94. The van der Waals surface area contributed by atoms with Crippen molar-refractivity contribution in [2.75, 3.05) is 20.8 Å². The summed E-state index contributed by atoms with van der Waals surface area (Å²) >= 11 is 0. The molecule has 1 heterocycles. The molecular formula is C19H18F3NO3. The van der Waals surface area contributed by atoms with Crippen molar-refractivity contribution < 1.29 is 27.4 Å². The molecule has 7 heteroatoms. The van der Waals surface area contributed by atoms with Crippen molar-refractivity contribution in [1.82, 2.24) is 4.90 Å². The number of hydrogen-bond acceptors (Lipinski definition) is 3. The third-order valence-corrected chi connectivity index (χ3v) is 4.46. The van der Waals surface area contributed by atoms with Gasteiger partial charge in [0.1, 0.15) is 0 Å². The number of methoxy groups -OCH3 is 2. The Bertz CT molecular complexity index is 816. The summed E-state index contributed by atoms with van der Waals surface area (Å²) < 4.78 is 48.5. The van der Waals surface area contributed by atoms with Crippen molar-refractivity contribution in [2.24, 2.45) is 0 Å². The van der Waals surface area contributed by atoms with Gasteiger partial charge in [0.05, 0.1) is 19.8 Å². The number of nitrogens with zero attached hydrogens (tertiary/aromatic N) is 1. The summed E-state index contributed by atoms with van der Waals surface area (Å²) in [5.74, 6) is 0.919. The van der Waals surface area contributed by atoms with Crippen molar-refractivity contribution >= 4 is 5.91 Å². The van der Waals surface area contributed by atoms with Crippen LogP contribution in [0.3, 0.4) is 0 Å². The van der Waals surface area contributed by atoms with Crippen molar-refractivity contribution in [1.29, 1.82) is 0 Å². The largest absolute Gasteiger partial charge is 0.493 e.